The molecule has 1 aromatic heterocycles. The van der Waals surface area contributed by atoms with E-state index in [2.05, 4.69) is 62.2 Å². The highest BCUT2D eigenvalue weighted by Crippen LogP contribution is 2.28. The summed E-state index contributed by atoms with van der Waals surface area (Å²) < 4.78 is 1.27. The van der Waals surface area contributed by atoms with Gasteiger partial charge in [-0.05, 0) is 55.2 Å². The summed E-state index contributed by atoms with van der Waals surface area (Å²) in [5, 5.41) is 1.13. The molecule has 0 aliphatic rings. The third-order valence-corrected chi connectivity index (χ3v) is 4.27. The summed E-state index contributed by atoms with van der Waals surface area (Å²) in [4.78, 5) is 4.50. The second kappa shape index (κ2) is 4.21. The Hall–Kier alpha value is -1.67. The minimum atomic E-state index is 1.10. The van der Waals surface area contributed by atoms with Crippen molar-refractivity contribution in [3.8, 4) is 11.1 Å². The van der Waals surface area contributed by atoms with E-state index in [0.717, 1.165) is 10.5 Å². The fourth-order valence-electron chi connectivity index (χ4n) is 2.14. The zero-order valence-corrected chi connectivity index (χ0v) is 11.6. The summed E-state index contributed by atoms with van der Waals surface area (Å²) in [6, 6.07) is 13.1. The molecule has 2 heteroatoms. The molecule has 90 valence electrons. The number of rotatable bonds is 1. The van der Waals surface area contributed by atoms with Crippen molar-refractivity contribution in [2.75, 3.05) is 0 Å². The van der Waals surface area contributed by atoms with Crippen LogP contribution in [0, 0.1) is 20.8 Å². The Kier molecular flexibility index (Phi) is 2.67. The molecule has 0 radical (unpaired) electrons. The van der Waals surface area contributed by atoms with E-state index in [9.17, 15) is 0 Å². The Labute approximate surface area is 111 Å². The monoisotopic (exact) mass is 253 g/mol. The predicted molar refractivity (Wildman–Crippen MR) is 79.3 cm³/mol. The highest BCUT2D eigenvalue weighted by Gasteiger charge is 2.04. The van der Waals surface area contributed by atoms with E-state index in [4.69, 9.17) is 0 Å². The van der Waals surface area contributed by atoms with Crippen molar-refractivity contribution in [1.82, 2.24) is 4.98 Å². The molecule has 0 amide bonds. The first-order valence-corrected chi connectivity index (χ1v) is 6.90. The van der Waals surface area contributed by atoms with Gasteiger partial charge < -0.3 is 0 Å². The fraction of sp³-hybridized carbons (Fsp3) is 0.188. The lowest BCUT2D eigenvalue weighted by Gasteiger charge is -2.05. The van der Waals surface area contributed by atoms with Crippen molar-refractivity contribution in [1.29, 1.82) is 0 Å². The topological polar surface area (TPSA) is 12.9 Å². The summed E-state index contributed by atoms with van der Waals surface area (Å²) in [5.41, 5.74) is 6.34. The second-order valence-corrected chi connectivity index (χ2v) is 5.95. The Balaban J connectivity index is 2.15. The minimum absolute atomic E-state index is 1.10. The van der Waals surface area contributed by atoms with Gasteiger partial charge in [-0.25, -0.2) is 4.98 Å². The summed E-state index contributed by atoms with van der Waals surface area (Å²) in [6.07, 6.45) is 0. The number of nitrogens with zero attached hydrogens (tertiary/aromatic N) is 1. The van der Waals surface area contributed by atoms with Gasteiger partial charge in [0.25, 0.3) is 0 Å². The molecular weight excluding hydrogens is 238 g/mol. The van der Waals surface area contributed by atoms with E-state index in [-0.39, 0.29) is 0 Å². The summed E-state index contributed by atoms with van der Waals surface area (Å²) >= 11 is 1.76. The van der Waals surface area contributed by atoms with Gasteiger partial charge in [0.2, 0.25) is 0 Å². The molecule has 1 nitrogen and oxygen atoms in total. The molecule has 0 fully saturated rings. The van der Waals surface area contributed by atoms with Crippen LogP contribution in [0.5, 0.6) is 0 Å². The van der Waals surface area contributed by atoms with Crippen molar-refractivity contribution in [3.63, 3.8) is 0 Å². The highest BCUT2D eigenvalue weighted by molar-refractivity contribution is 7.18. The van der Waals surface area contributed by atoms with Gasteiger partial charge >= 0.3 is 0 Å². The van der Waals surface area contributed by atoms with Crippen molar-refractivity contribution < 1.29 is 0 Å². The lowest BCUT2D eigenvalue weighted by Crippen LogP contribution is -1.83. The standard InChI is InChI=1S/C16H15NS/c1-10-4-5-13(8-11(10)2)14-6-7-15-16(9-14)18-12(3)17-15/h4-9H,1-3H3. The number of benzene rings is 2. The number of hydrogen-bond acceptors (Lipinski definition) is 2. The SMILES string of the molecule is Cc1nc2ccc(-c3ccc(C)c(C)c3)cc2s1. The molecule has 0 aliphatic heterocycles. The highest BCUT2D eigenvalue weighted by atomic mass is 32.1. The van der Waals surface area contributed by atoms with E-state index in [1.807, 2.05) is 0 Å². The third-order valence-electron chi connectivity index (χ3n) is 3.34. The zero-order valence-electron chi connectivity index (χ0n) is 10.8. The normalized spacial score (nSPS) is 11.1. The van der Waals surface area contributed by atoms with Crippen LogP contribution in [0.2, 0.25) is 0 Å². The summed E-state index contributed by atoms with van der Waals surface area (Å²) in [5.74, 6) is 0. The van der Waals surface area contributed by atoms with Crippen LogP contribution >= 0.6 is 11.3 Å². The van der Waals surface area contributed by atoms with Gasteiger partial charge in [-0.2, -0.15) is 0 Å². The van der Waals surface area contributed by atoms with Crippen LogP contribution in [-0.4, -0.2) is 4.98 Å². The van der Waals surface area contributed by atoms with E-state index in [1.165, 1.54) is 27.0 Å². The Morgan fingerprint density at radius 1 is 0.833 bits per heavy atom. The molecule has 2 aromatic carbocycles. The smallest absolute Gasteiger partial charge is 0.0907 e. The fourth-order valence-corrected chi connectivity index (χ4v) is 3.01. The minimum Gasteiger partial charge on any atom is -0.242 e. The molecule has 0 saturated heterocycles. The Morgan fingerprint density at radius 3 is 2.33 bits per heavy atom. The molecule has 0 aliphatic carbocycles. The lowest BCUT2D eigenvalue weighted by atomic mass is 10.0. The van der Waals surface area contributed by atoms with Gasteiger partial charge in [0.15, 0.2) is 0 Å². The molecule has 3 aromatic rings. The van der Waals surface area contributed by atoms with Crippen molar-refractivity contribution >= 4 is 21.6 Å². The number of fused-ring (bicyclic) bond motifs is 1. The number of thiazole rings is 1. The van der Waals surface area contributed by atoms with Gasteiger partial charge in [0.05, 0.1) is 15.2 Å². The molecule has 18 heavy (non-hydrogen) atoms. The average Bonchev–Trinajstić information content (AvgIpc) is 2.71. The maximum Gasteiger partial charge on any atom is 0.0907 e. The van der Waals surface area contributed by atoms with Gasteiger partial charge in [-0.15, -0.1) is 11.3 Å². The first kappa shape index (κ1) is 11.4. The number of aromatic nitrogens is 1. The molecule has 1 heterocycles. The van der Waals surface area contributed by atoms with Crippen LogP contribution < -0.4 is 0 Å². The average molecular weight is 253 g/mol. The molecule has 0 saturated carbocycles. The Bertz CT molecular complexity index is 725. The van der Waals surface area contributed by atoms with Crippen LogP contribution in [0.15, 0.2) is 36.4 Å². The van der Waals surface area contributed by atoms with Crippen molar-refractivity contribution in [2.45, 2.75) is 20.8 Å². The largest absolute Gasteiger partial charge is 0.242 e. The molecule has 0 bridgehead atoms. The molecular formula is C16H15NS. The summed E-state index contributed by atoms with van der Waals surface area (Å²) in [7, 11) is 0. The summed E-state index contributed by atoms with van der Waals surface area (Å²) in [6.45, 7) is 6.36. The van der Waals surface area contributed by atoms with Gasteiger partial charge in [-0.3, -0.25) is 0 Å². The lowest BCUT2D eigenvalue weighted by molar-refractivity contribution is 1.34. The maximum atomic E-state index is 4.50. The van der Waals surface area contributed by atoms with Crippen molar-refractivity contribution in [3.05, 3.63) is 52.5 Å². The predicted octanol–water partition coefficient (Wildman–Crippen LogP) is 4.89. The van der Waals surface area contributed by atoms with E-state index in [1.54, 1.807) is 11.3 Å². The van der Waals surface area contributed by atoms with Crippen LogP contribution in [0.4, 0.5) is 0 Å². The molecule has 0 atom stereocenters. The molecule has 0 N–H and O–H groups in total. The van der Waals surface area contributed by atoms with Crippen molar-refractivity contribution in [2.24, 2.45) is 0 Å². The first-order chi connectivity index (χ1) is 8.63. The van der Waals surface area contributed by atoms with E-state index < -0.39 is 0 Å². The number of hydrogen-bond donors (Lipinski definition) is 0. The maximum absolute atomic E-state index is 4.50. The van der Waals surface area contributed by atoms with Crippen LogP contribution in [0.25, 0.3) is 21.3 Å². The van der Waals surface area contributed by atoms with Crippen LogP contribution in [-0.2, 0) is 0 Å². The quantitative estimate of drug-likeness (QED) is 0.601. The van der Waals surface area contributed by atoms with Gasteiger partial charge in [0, 0.05) is 0 Å². The Morgan fingerprint density at radius 2 is 1.56 bits per heavy atom. The van der Waals surface area contributed by atoms with Crippen LogP contribution in [0.3, 0.4) is 0 Å². The molecule has 0 spiro atoms. The zero-order chi connectivity index (χ0) is 12.7. The third kappa shape index (κ3) is 1.93. The first-order valence-electron chi connectivity index (χ1n) is 6.08. The van der Waals surface area contributed by atoms with Gasteiger partial charge in [-0.1, -0.05) is 24.3 Å². The van der Waals surface area contributed by atoms with E-state index >= 15 is 0 Å². The van der Waals surface area contributed by atoms with E-state index in [0.29, 0.717) is 0 Å². The van der Waals surface area contributed by atoms with Crippen LogP contribution in [0.1, 0.15) is 16.1 Å². The number of aryl methyl sites for hydroxylation is 3. The molecule has 3 rings (SSSR count). The van der Waals surface area contributed by atoms with Gasteiger partial charge in [0.1, 0.15) is 0 Å². The second-order valence-electron chi connectivity index (χ2n) is 4.71. The molecule has 0 unspecified atom stereocenters.